The lowest BCUT2D eigenvalue weighted by atomic mass is 10.1. The van der Waals surface area contributed by atoms with E-state index in [0.29, 0.717) is 6.54 Å². The second-order valence-corrected chi connectivity index (χ2v) is 6.22. The molecule has 0 aliphatic carbocycles. The third-order valence-corrected chi connectivity index (χ3v) is 4.67. The van der Waals surface area contributed by atoms with Crippen LogP contribution in [-0.4, -0.2) is 35.4 Å². The van der Waals surface area contributed by atoms with E-state index in [9.17, 15) is 4.79 Å². The Kier molecular flexibility index (Phi) is 4.29. The van der Waals surface area contributed by atoms with Gasteiger partial charge in [-0.2, -0.15) is 0 Å². The summed E-state index contributed by atoms with van der Waals surface area (Å²) in [6.45, 7) is 7.26. The minimum absolute atomic E-state index is 0.0959. The van der Waals surface area contributed by atoms with Crippen molar-refractivity contribution in [1.82, 2.24) is 9.55 Å². The van der Waals surface area contributed by atoms with Crippen molar-refractivity contribution in [2.45, 2.75) is 58.6 Å². The smallest absolute Gasteiger partial charge is 0.258 e. The Labute approximate surface area is 125 Å². The van der Waals surface area contributed by atoms with Crippen LogP contribution in [0.4, 0.5) is 5.95 Å². The van der Waals surface area contributed by atoms with E-state index in [-0.39, 0.29) is 11.7 Å². The fourth-order valence-electron chi connectivity index (χ4n) is 3.23. The van der Waals surface area contributed by atoms with Gasteiger partial charge in [0.15, 0.2) is 0 Å². The van der Waals surface area contributed by atoms with Crippen LogP contribution in [-0.2, 0) is 11.3 Å². The minimum atomic E-state index is 0.0959. The lowest BCUT2D eigenvalue weighted by Gasteiger charge is -2.30. The van der Waals surface area contributed by atoms with E-state index in [2.05, 4.69) is 4.90 Å². The van der Waals surface area contributed by atoms with Gasteiger partial charge in [-0.05, 0) is 46.0 Å². The Morgan fingerprint density at radius 1 is 1.19 bits per heavy atom. The maximum atomic E-state index is 12.7. The summed E-state index contributed by atoms with van der Waals surface area (Å²) in [5.41, 5.74) is 1.71. The van der Waals surface area contributed by atoms with Crippen molar-refractivity contribution in [3.8, 4) is 0 Å². The van der Waals surface area contributed by atoms with Crippen molar-refractivity contribution in [3.63, 3.8) is 0 Å². The molecule has 2 aliphatic heterocycles. The average molecular weight is 291 g/mol. The summed E-state index contributed by atoms with van der Waals surface area (Å²) in [5, 5.41) is 0. The molecule has 2 aliphatic rings. The van der Waals surface area contributed by atoms with Crippen molar-refractivity contribution < 1.29 is 4.74 Å². The largest absolute Gasteiger partial charge is 0.376 e. The third kappa shape index (κ3) is 2.98. The molecule has 0 aromatic carbocycles. The summed E-state index contributed by atoms with van der Waals surface area (Å²) >= 11 is 0. The maximum Gasteiger partial charge on any atom is 0.258 e. The average Bonchev–Trinajstić information content (AvgIpc) is 3.01. The van der Waals surface area contributed by atoms with E-state index in [1.807, 2.05) is 18.4 Å². The fraction of sp³-hybridized carbons (Fsp3) is 0.750. The number of hydrogen-bond acceptors (Lipinski definition) is 4. The second kappa shape index (κ2) is 6.18. The van der Waals surface area contributed by atoms with E-state index in [1.165, 1.54) is 19.3 Å². The molecule has 0 radical (unpaired) electrons. The molecule has 5 heteroatoms. The molecule has 0 saturated carbocycles. The molecule has 5 nitrogen and oxygen atoms in total. The monoisotopic (exact) mass is 291 g/mol. The number of anilines is 1. The third-order valence-electron chi connectivity index (χ3n) is 4.67. The van der Waals surface area contributed by atoms with E-state index >= 15 is 0 Å². The van der Waals surface area contributed by atoms with E-state index in [0.717, 1.165) is 49.7 Å². The number of nitrogens with zero attached hydrogens (tertiary/aromatic N) is 3. The predicted octanol–water partition coefficient (Wildman–Crippen LogP) is 2.03. The van der Waals surface area contributed by atoms with Crippen LogP contribution in [0, 0.1) is 13.8 Å². The molecule has 116 valence electrons. The molecule has 0 spiro atoms. The standard InChI is InChI=1S/C16H25N3O2/c1-12-13(2)17-16(18-8-4-3-5-9-18)19(15(12)20)11-14-7-6-10-21-14/h14H,3-11H2,1-2H3/t14-/m0/s1. The quantitative estimate of drug-likeness (QED) is 0.855. The summed E-state index contributed by atoms with van der Waals surface area (Å²) in [6.07, 6.45) is 5.94. The number of aromatic nitrogens is 2. The first-order valence-electron chi connectivity index (χ1n) is 8.11. The van der Waals surface area contributed by atoms with Gasteiger partial charge in [-0.25, -0.2) is 4.98 Å². The van der Waals surface area contributed by atoms with Crippen LogP contribution in [0.3, 0.4) is 0 Å². The molecule has 2 saturated heterocycles. The normalized spacial score (nSPS) is 22.8. The molecule has 1 atom stereocenters. The Morgan fingerprint density at radius 3 is 2.62 bits per heavy atom. The van der Waals surface area contributed by atoms with Gasteiger partial charge >= 0.3 is 0 Å². The van der Waals surface area contributed by atoms with Crippen LogP contribution in [0.2, 0.25) is 0 Å². The van der Waals surface area contributed by atoms with Gasteiger partial charge in [-0.15, -0.1) is 0 Å². The molecule has 0 bridgehead atoms. The Hall–Kier alpha value is -1.36. The highest BCUT2D eigenvalue weighted by Gasteiger charge is 2.23. The number of hydrogen-bond donors (Lipinski definition) is 0. The van der Waals surface area contributed by atoms with Crippen LogP contribution in [0.5, 0.6) is 0 Å². The lowest BCUT2D eigenvalue weighted by Crippen LogP contribution is -2.39. The lowest BCUT2D eigenvalue weighted by molar-refractivity contribution is 0.0960. The van der Waals surface area contributed by atoms with Crippen molar-refractivity contribution in [1.29, 1.82) is 0 Å². The zero-order valence-corrected chi connectivity index (χ0v) is 13.1. The molecule has 0 N–H and O–H groups in total. The molecule has 3 heterocycles. The molecule has 21 heavy (non-hydrogen) atoms. The summed E-state index contributed by atoms with van der Waals surface area (Å²) < 4.78 is 7.57. The number of rotatable bonds is 3. The zero-order chi connectivity index (χ0) is 14.8. The van der Waals surface area contributed by atoms with Gasteiger partial charge in [0.25, 0.3) is 5.56 Å². The van der Waals surface area contributed by atoms with Crippen LogP contribution < -0.4 is 10.5 Å². The maximum absolute atomic E-state index is 12.7. The first kappa shape index (κ1) is 14.6. The van der Waals surface area contributed by atoms with Crippen molar-refractivity contribution in [2.75, 3.05) is 24.6 Å². The van der Waals surface area contributed by atoms with Crippen molar-refractivity contribution >= 4 is 5.95 Å². The van der Waals surface area contributed by atoms with Crippen LogP contribution in [0.25, 0.3) is 0 Å². The van der Waals surface area contributed by atoms with Crippen LogP contribution >= 0.6 is 0 Å². The van der Waals surface area contributed by atoms with Gasteiger partial charge in [-0.1, -0.05) is 0 Å². The van der Waals surface area contributed by atoms with Gasteiger partial charge < -0.3 is 9.64 Å². The molecule has 1 aromatic rings. The Bertz CT molecular complexity index is 555. The molecule has 0 unspecified atom stereocenters. The predicted molar refractivity (Wildman–Crippen MR) is 83.0 cm³/mol. The highest BCUT2D eigenvalue weighted by Crippen LogP contribution is 2.20. The Balaban J connectivity index is 1.97. The van der Waals surface area contributed by atoms with Crippen molar-refractivity contribution in [2.24, 2.45) is 0 Å². The van der Waals surface area contributed by atoms with Gasteiger partial charge in [0, 0.05) is 31.0 Å². The summed E-state index contributed by atoms with van der Waals surface area (Å²) in [7, 11) is 0. The molecule has 2 fully saturated rings. The minimum Gasteiger partial charge on any atom is -0.376 e. The SMILES string of the molecule is Cc1nc(N2CCCCC2)n(C[C@@H]2CCCO2)c(=O)c1C. The van der Waals surface area contributed by atoms with Gasteiger partial charge in [0.2, 0.25) is 5.95 Å². The molecular weight excluding hydrogens is 266 g/mol. The number of piperidine rings is 1. The van der Waals surface area contributed by atoms with E-state index in [1.54, 1.807) is 0 Å². The summed E-state index contributed by atoms with van der Waals surface area (Å²) in [6, 6.07) is 0. The molecule has 0 amide bonds. The van der Waals surface area contributed by atoms with Crippen LogP contribution in [0.1, 0.15) is 43.4 Å². The van der Waals surface area contributed by atoms with Crippen LogP contribution in [0.15, 0.2) is 4.79 Å². The highest BCUT2D eigenvalue weighted by atomic mass is 16.5. The van der Waals surface area contributed by atoms with Gasteiger partial charge in [-0.3, -0.25) is 9.36 Å². The highest BCUT2D eigenvalue weighted by molar-refractivity contribution is 5.35. The van der Waals surface area contributed by atoms with Gasteiger partial charge in [0.05, 0.1) is 12.6 Å². The summed E-state index contributed by atoms with van der Waals surface area (Å²) in [5.74, 6) is 0.846. The Morgan fingerprint density at radius 2 is 1.95 bits per heavy atom. The number of ether oxygens (including phenoxy) is 1. The molecular formula is C16H25N3O2. The first-order valence-corrected chi connectivity index (χ1v) is 8.11. The van der Waals surface area contributed by atoms with Gasteiger partial charge in [0.1, 0.15) is 0 Å². The van der Waals surface area contributed by atoms with Crippen molar-refractivity contribution in [3.05, 3.63) is 21.6 Å². The number of aryl methyl sites for hydroxylation is 1. The van der Waals surface area contributed by atoms with E-state index < -0.39 is 0 Å². The van der Waals surface area contributed by atoms with E-state index in [4.69, 9.17) is 9.72 Å². The molecule has 1 aromatic heterocycles. The summed E-state index contributed by atoms with van der Waals surface area (Å²) in [4.78, 5) is 19.7. The molecule has 3 rings (SSSR count). The zero-order valence-electron chi connectivity index (χ0n) is 13.1. The fourth-order valence-corrected chi connectivity index (χ4v) is 3.23. The first-order chi connectivity index (χ1) is 10.2. The topological polar surface area (TPSA) is 47.4 Å². The second-order valence-electron chi connectivity index (χ2n) is 6.22.